The Morgan fingerprint density at radius 2 is 2.17 bits per heavy atom. The van der Waals surface area contributed by atoms with Gasteiger partial charge in [-0.3, -0.25) is 0 Å². The quantitative estimate of drug-likeness (QED) is 0.832. The van der Waals surface area contributed by atoms with Crippen LogP contribution in [0.5, 0.6) is 0 Å². The first kappa shape index (κ1) is 15.3. The second-order valence-corrected chi connectivity index (χ2v) is 6.98. The van der Waals surface area contributed by atoms with Gasteiger partial charge in [0.15, 0.2) is 0 Å². The van der Waals surface area contributed by atoms with Gasteiger partial charge in [0.25, 0.3) is 0 Å². The third kappa shape index (κ3) is 2.50. The zero-order chi connectivity index (χ0) is 16.7. The molecule has 2 bridgehead atoms. The molecule has 4 heteroatoms. The Morgan fingerprint density at radius 3 is 2.96 bits per heavy atom. The zero-order valence-electron chi connectivity index (χ0n) is 14.3. The summed E-state index contributed by atoms with van der Waals surface area (Å²) in [5.74, 6) is 0.950. The van der Waals surface area contributed by atoms with E-state index in [9.17, 15) is 4.79 Å². The van der Waals surface area contributed by atoms with Gasteiger partial charge >= 0.3 is 5.97 Å². The first-order valence-electron chi connectivity index (χ1n) is 8.88. The average molecular weight is 324 g/mol. The van der Waals surface area contributed by atoms with Crippen LogP contribution in [0.25, 0.3) is 0 Å². The second kappa shape index (κ2) is 6.00. The van der Waals surface area contributed by atoms with Crippen molar-refractivity contribution in [1.29, 1.82) is 0 Å². The van der Waals surface area contributed by atoms with Gasteiger partial charge in [-0.15, -0.1) is 0 Å². The summed E-state index contributed by atoms with van der Waals surface area (Å²) >= 11 is 0. The summed E-state index contributed by atoms with van der Waals surface area (Å²) in [4.78, 5) is 12.4. The monoisotopic (exact) mass is 324 g/mol. The van der Waals surface area contributed by atoms with Gasteiger partial charge in [0, 0.05) is 11.9 Å². The van der Waals surface area contributed by atoms with Crippen molar-refractivity contribution < 1.29 is 9.53 Å². The summed E-state index contributed by atoms with van der Waals surface area (Å²) in [6.45, 7) is 4.38. The van der Waals surface area contributed by atoms with E-state index < -0.39 is 0 Å². The van der Waals surface area contributed by atoms with Gasteiger partial charge < -0.3 is 15.4 Å². The Hall–Kier alpha value is -2.23. The highest BCUT2D eigenvalue weighted by molar-refractivity contribution is 5.82. The minimum Gasteiger partial charge on any atom is -0.464 e. The van der Waals surface area contributed by atoms with Crippen molar-refractivity contribution in [3.05, 3.63) is 52.9 Å². The number of ether oxygens (including phenoxy) is 1. The number of aryl methyl sites for hydroxylation is 1. The molecule has 3 atom stereocenters. The molecule has 2 aliphatic carbocycles. The summed E-state index contributed by atoms with van der Waals surface area (Å²) in [5.41, 5.74) is 6.05. The molecule has 0 aromatic heterocycles. The number of esters is 1. The van der Waals surface area contributed by atoms with Gasteiger partial charge in [0.2, 0.25) is 0 Å². The van der Waals surface area contributed by atoms with E-state index in [1.165, 1.54) is 36.0 Å². The van der Waals surface area contributed by atoms with E-state index >= 15 is 0 Å². The molecule has 4 rings (SSSR count). The molecular formula is C20H24N2O2. The minimum absolute atomic E-state index is 0.150. The van der Waals surface area contributed by atoms with Crippen LogP contribution in [0, 0.1) is 18.8 Å². The Kier molecular flexibility index (Phi) is 3.83. The molecule has 3 unspecified atom stereocenters. The number of dihydropyridines is 1. The van der Waals surface area contributed by atoms with E-state index in [1.807, 2.05) is 13.1 Å². The van der Waals surface area contributed by atoms with Gasteiger partial charge in [0.1, 0.15) is 6.04 Å². The maximum Gasteiger partial charge on any atom is 0.332 e. The second-order valence-electron chi connectivity index (χ2n) is 6.98. The smallest absolute Gasteiger partial charge is 0.332 e. The van der Waals surface area contributed by atoms with Gasteiger partial charge in [-0.25, -0.2) is 4.79 Å². The van der Waals surface area contributed by atoms with E-state index in [1.54, 1.807) is 0 Å². The molecule has 2 N–H and O–H groups in total. The van der Waals surface area contributed by atoms with Crippen LogP contribution in [-0.2, 0) is 9.53 Å². The normalized spacial score (nSPS) is 27.4. The third-order valence-electron chi connectivity index (χ3n) is 5.41. The number of rotatable bonds is 4. The number of allylic oxidation sites excluding steroid dienone is 1. The Morgan fingerprint density at radius 1 is 1.33 bits per heavy atom. The summed E-state index contributed by atoms with van der Waals surface area (Å²) in [6, 6.07) is 8.08. The molecule has 1 fully saturated rings. The Balaban J connectivity index is 1.65. The lowest BCUT2D eigenvalue weighted by Crippen LogP contribution is -2.42. The highest BCUT2D eigenvalue weighted by Gasteiger charge is 2.46. The molecule has 24 heavy (non-hydrogen) atoms. The van der Waals surface area contributed by atoms with Crippen molar-refractivity contribution in [1.82, 2.24) is 5.32 Å². The van der Waals surface area contributed by atoms with Crippen LogP contribution in [0.4, 0.5) is 5.69 Å². The van der Waals surface area contributed by atoms with Crippen molar-refractivity contribution in [3.63, 3.8) is 0 Å². The molecule has 0 amide bonds. The first-order chi connectivity index (χ1) is 11.7. The number of anilines is 1. The summed E-state index contributed by atoms with van der Waals surface area (Å²) in [6.07, 6.45) is 5.56. The lowest BCUT2D eigenvalue weighted by Gasteiger charge is -2.32. The number of hydrogen-bond donors (Lipinski definition) is 2. The minimum atomic E-state index is -0.307. The molecule has 1 aromatic carbocycles. The highest BCUT2D eigenvalue weighted by Crippen LogP contribution is 2.53. The molecule has 1 aliphatic heterocycles. The summed E-state index contributed by atoms with van der Waals surface area (Å²) < 4.78 is 5.28. The van der Waals surface area contributed by atoms with Crippen LogP contribution in [0.1, 0.15) is 31.7 Å². The topological polar surface area (TPSA) is 50.4 Å². The third-order valence-corrected chi connectivity index (χ3v) is 5.41. The number of fused-ring (bicyclic) bond motifs is 4. The van der Waals surface area contributed by atoms with E-state index in [0.29, 0.717) is 18.4 Å². The van der Waals surface area contributed by atoms with Crippen LogP contribution in [0.15, 0.2) is 47.3 Å². The molecule has 4 nitrogen and oxygen atoms in total. The van der Waals surface area contributed by atoms with E-state index in [2.05, 4.69) is 41.8 Å². The molecule has 3 aliphatic rings. The summed E-state index contributed by atoms with van der Waals surface area (Å²) in [7, 11) is 0. The fourth-order valence-corrected chi connectivity index (χ4v) is 4.48. The SMILES string of the molecule is CCOC(=O)C1NC=C(Nc2cccc(C)c2)C2=C1C1CCC2C1. The zero-order valence-corrected chi connectivity index (χ0v) is 14.3. The molecule has 126 valence electrons. The lowest BCUT2D eigenvalue weighted by molar-refractivity contribution is -0.144. The largest absolute Gasteiger partial charge is 0.464 e. The molecule has 1 saturated carbocycles. The molecule has 1 heterocycles. The fraction of sp³-hybridized carbons (Fsp3) is 0.450. The van der Waals surface area contributed by atoms with Crippen molar-refractivity contribution in [3.8, 4) is 0 Å². The van der Waals surface area contributed by atoms with E-state index in [-0.39, 0.29) is 12.0 Å². The number of carbonyl (C=O) groups excluding carboxylic acids is 1. The Bertz CT molecular complexity index is 735. The predicted octanol–water partition coefficient (Wildman–Crippen LogP) is 3.51. The number of benzene rings is 1. The van der Waals surface area contributed by atoms with Crippen LogP contribution in [0.3, 0.4) is 0 Å². The van der Waals surface area contributed by atoms with Crippen LogP contribution >= 0.6 is 0 Å². The molecule has 0 radical (unpaired) electrons. The van der Waals surface area contributed by atoms with Crippen LogP contribution in [-0.4, -0.2) is 18.6 Å². The average Bonchev–Trinajstić information content (AvgIpc) is 3.17. The maximum absolute atomic E-state index is 12.4. The van der Waals surface area contributed by atoms with Crippen LogP contribution < -0.4 is 10.6 Å². The lowest BCUT2D eigenvalue weighted by atomic mass is 9.84. The number of hydrogen-bond acceptors (Lipinski definition) is 4. The molecular weight excluding hydrogens is 300 g/mol. The van der Waals surface area contributed by atoms with E-state index in [4.69, 9.17) is 4.74 Å². The summed E-state index contributed by atoms with van der Waals surface area (Å²) in [5, 5.41) is 6.85. The molecule has 0 spiro atoms. The van der Waals surface area contributed by atoms with Gasteiger partial charge in [-0.2, -0.15) is 0 Å². The van der Waals surface area contributed by atoms with E-state index in [0.717, 1.165) is 11.4 Å². The van der Waals surface area contributed by atoms with Crippen molar-refractivity contribution in [2.45, 2.75) is 39.2 Å². The van der Waals surface area contributed by atoms with Crippen molar-refractivity contribution >= 4 is 11.7 Å². The number of nitrogens with one attached hydrogen (secondary N) is 2. The van der Waals surface area contributed by atoms with Gasteiger partial charge in [-0.1, -0.05) is 12.1 Å². The Labute approximate surface area is 143 Å². The predicted molar refractivity (Wildman–Crippen MR) is 94.3 cm³/mol. The maximum atomic E-state index is 12.4. The molecule has 1 aromatic rings. The van der Waals surface area contributed by atoms with Crippen LogP contribution in [0.2, 0.25) is 0 Å². The fourth-order valence-electron chi connectivity index (χ4n) is 4.48. The van der Waals surface area contributed by atoms with Crippen molar-refractivity contribution in [2.75, 3.05) is 11.9 Å². The van der Waals surface area contributed by atoms with Crippen molar-refractivity contribution in [2.24, 2.45) is 11.8 Å². The van der Waals surface area contributed by atoms with Gasteiger partial charge in [-0.05, 0) is 73.8 Å². The highest BCUT2D eigenvalue weighted by atomic mass is 16.5. The van der Waals surface area contributed by atoms with Gasteiger partial charge in [0.05, 0.1) is 12.3 Å². The standard InChI is InChI=1S/C20H24N2O2/c1-3-24-20(23)19-18-14-8-7-13(10-14)17(18)16(11-21-19)22-15-6-4-5-12(2)9-15/h4-6,9,11,13-14,19,21-22H,3,7-8,10H2,1-2H3. The number of carbonyl (C=O) groups is 1. The first-order valence-corrected chi connectivity index (χ1v) is 8.88. The molecule has 0 saturated heterocycles.